The fourth-order valence-electron chi connectivity index (χ4n) is 1.40. The van der Waals surface area contributed by atoms with Gasteiger partial charge in [0.2, 0.25) is 0 Å². The van der Waals surface area contributed by atoms with Gasteiger partial charge in [0.25, 0.3) is 5.69 Å². The Hall–Kier alpha value is -1.53. The van der Waals surface area contributed by atoms with E-state index in [2.05, 4.69) is 0 Å². The van der Waals surface area contributed by atoms with Gasteiger partial charge in [-0.15, -0.1) is 0 Å². The molecular formula is C10H13FN2O3. The van der Waals surface area contributed by atoms with Gasteiger partial charge in [-0.25, -0.2) is 4.39 Å². The van der Waals surface area contributed by atoms with Crippen LogP contribution in [0.5, 0.6) is 0 Å². The number of halogens is 1. The number of rotatable bonds is 5. The number of hydrogen-bond donors (Lipinski definition) is 1. The summed E-state index contributed by atoms with van der Waals surface area (Å²) < 4.78 is 13.0. The van der Waals surface area contributed by atoms with Crippen LogP contribution in [-0.4, -0.2) is 35.1 Å². The van der Waals surface area contributed by atoms with Crippen LogP contribution in [-0.2, 0) is 6.54 Å². The molecule has 16 heavy (non-hydrogen) atoms. The molecule has 0 aliphatic rings. The average molecular weight is 228 g/mol. The highest BCUT2D eigenvalue weighted by Crippen LogP contribution is 2.20. The van der Waals surface area contributed by atoms with Crippen molar-refractivity contribution in [2.24, 2.45) is 0 Å². The summed E-state index contributed by atoms with van der Waals surface area (Å²) in [6.45, 7) is 0.571. The molecule has 5 nitrogen and oxygen atoms in total. The molecule has 1 aromatic carbocycles. The molecule has 0 atom stereocenters. The van der Waals surface area contributed by atoms with Crippen molar-refractivity contribution in [3.8, 4) is 0 Å². The molecule has 0 saturated carbocycles. The van der Waals surface area contributed by atoms with Gasteiger partial charge in [0.05, 0.1) is 11.5 Å². The van der Waals surface area contributed by atoms with Gasteiger partial charge < -0.3 is 5.11 Å². The van der Waals surface area contributed by atoms with E-state index in [4.69, 9.17) is 5.11 Å². The Morgan fingerprint density at radius 1 is 1.56 bits per heavy atom. The quantitative estimate of drug-likeness (QED) is 0.606. The number of aliphatic hydroxyl groups is 1. The smallest absolute Gasteiger partial charge is 0.274 e. The minimum absolute atomic E-state index is 0.0421. The topological polar surface area (TPSA) is 66.6 Å². The van der Waals surface area contributed by atoms with Crippen molar-refractivity contribution in [3.63, 3.8) is 0 Å². The molecule has 0 aliphatic carbocycles. The number of hydrogen-bond acceptors (Lipinski definition) is 4. The minimum Gasteiger partial charge on any atom is -0.395 e. The molecule has 6 heteroatoms. The molecule has 0 aromatic heterocycles. The summed E-state index contributed by atoms with van der Waals surface area (Å²) in [5, 5.41) is 19.4. The van der Waals surface area contributed by atoms with Gasteiger partial charge in [0, 0.05) is 24.7 Å². The van der Waals surface area contributed by atoms with E-state index in [-0.39, 0.29) is 18.8 Å². The standard InChI is InChI=1S/C10H13FN2O3/c1-12(4-5-14)7-8-6-9(11)2-3-10(8)13(15)16/h2-3,6,14H,4-5,7H2,1H3. The van der Waals surface area contributed by atoms with Crippen LogP contribution in [0.4, 0.5) is 10.1 Å². The third-order valence-corrected chi connectivity index (χ3v) is 2.16. The van der Waals surface area contributed by atoms with E-state index in [9.17, 15) is 14.5 Å². The lowest BCUT2D eigenvalue weighted by Gasteiger charge is -2.14. The molecular weight excluding hydrogens is 215 g/mol. The molecule has 0 amide bonds. The van der Waals surface area contributed by atoms with E-state index in [1.165, 1.54) is 0 Å². The van der Waals surface area contributed by atoms with Gasteiger partial charge in [-0.3, -0.25) is 15.0 Å². The summed E-state index contributed by atoms with van der Waals surface area (Å²) >= 11 is 0. The maximum atomic E-state index is 13.0. The average Bonchev–Trinajstić information content (AvgIpc) is 2.17. The summed E-state index contributed by atoms with van der Waals surface area (Å²) in [6.07, 6.45) is 0. The highest BCUT2D eigenvalue weighted by molar-refractivity contribution is 5.40. The van der Waals surface area contributed by atoms with Crippen LogP contribution in [0.15, 0.2) is 18.2 Å². The van der Waals surface area contributed by atoms with Gasteiger partial charge in [-0.1, -0.05) is 0 Å². The van der Waals surface area contributed by atoms with E-state index in [0.29, 0.717) is 12.1 Å². The van der Waals surface area contributed by atoms with E-state index in [0.717, 1.165) is 18.2 Å². The first-order chi connectivity index (χ1) is 7.54. The maximum Gasteiger partial charge on any atom is 0.274 e. The molecule has 1 aromatic rings. The van der Waals surface area contributed by atoms with Crippen LogP contribution in [0.1, 0.15) is 5.56 Å². The highest BCUT2D eigenvalue weighted by Gasteiger charge is 2.15. The summed E-state index contributed by atoms with van der Waals surface area (Å²) in [6, 6.07) is 3.36. The predicted octanol–water partition coefficient (Wildman–Crippen LogP) is 1.16. The lowest BCUT2D eigenvalue weighted by Crippen LogP contribution is -2.22. The van der Waals surface area contributed by atoms with Crippen molar-refractivity contribution in [1.29, 1.82) is 0 Å². The van der Waals surface area contributed by atoms with E-state index in [1.807, 2.05) is 0 Å². The van der Waals surface area contributed by atoms with E-state index < -0.39 is 10.7 Å². The molecule has 0 saturated heterocycles. The molecule has 1 rings (SSSR count). The van der Waals surface area contributed by atoms with Crippen molar-refractivity contribution in [2.45, 2.75) is 6.54 Å². The molecule has 88 valence electrons. The molecule has 0 unspecified atom stereocenters. The molecule has 0 fully saturated rings. The SMILES string of the molecule is CN(CCO)Cc1cc(F)ccc1[N+](=O)[O-]. The zero-order valence-electron chi connectivity index (χ0n) is 8.89. The van der Waals surface area contributed by atoms with Crippen LogP contribution in [0.25, 0.3) is 0 Å². The molecule has 0 bridgehead atoms. The second kappa shape index (κ2) is 5.53. The Morgan fingerprint density at radius 2 is 2.25 bits per heavy atom. The first-order valence-corrected chi connectivity index (χ1v) is 4.77. The van der Waals surface area contributed by atoms with Crippen molar-refractivity contribution in [3.05, 3.63) is 39.7 Å². The van der Waals surface area contributed by atoms with Crippen LogP contribution < -0.4 is 0 Å². The summed E-state index contributed by atoms with van der Waals surface area (Å²) in [5.74, 6) is -0.502. The Bertz CT molecular complexity index is 384. The largest absolute Gasteiger partial charge is 0.395 e. The van der Waals surface area contributed by atoms with E-state index >= 15 is 0 Å². The van der Waals surface area contributed by atoms with Gasteiger partial charge in [-0.05, 0) is 19.2 Å². The molecule has 0 spiro atoms. The summed E-state index contributed by atoms with van der Waals surface area (Å²) in [7, 11) is 1.70. The number of nitrogens with zero attached hydrogens (tertiary/aromatic N) is 2. The lowest BCUT2D eigenvalue weighted by atomic mass is 10.1. The first-order valence-electron chi connectivity index (χ1n) is 4.77. The first kappa shape index (κ1) is 12.5. The zero-order valence-corrected chi connectivity index (χ0v) is 8.89. The molecule has 0 heterocycles. The second-order valence-corrected chi connectivity index (χ2v) is 3.49. The number of benzene rings is 1. The van der Waals surface area contributed by atoms with Crippen LogP contribution >= 0.6 is 0 Å². The molecule has 1 N–H and O–H groups in total. The molecule has 0 radical (unpaired) electrons. The third kappa shape index (κ3) is 3.25. The van der Waals surface area contributed by atoms with Gasteiger partial charge >= 0.3 is 0 Å². The Balaban J connectivity index is 2.92. The zero-order chi connectivity index (χ0) is 12.1. The number of aliphatic hydroxyl groups excluding tert-OH is 1. The predicted molar refractivity (Wildman–Crippen MR) is 56.5 cm³/mol. The Morgan fingerprint density at radius 3 is 2.81 bits per heavy atom. The number of nitro benzene ring substituents is 1. The van der Waals surface area contributed by atoms with Gasteiger partial charge in [-0.2, -0.15) is 0 Å². The highest BCUT2D eigenvalue weighted by atomic mass is 19.1. The number of nitro groups is 1. The van der Waals surface area contributed by atoms with Crippen molar-refractivity contribution in [1.82, 2.24) is 4.90 Å². The van der Waals surface area contributed by atoms with E-state index in [1.54, 1.807) is 11.9 Å². The third-order valence-electron chi connectivity index (χ3n) is 2.16. The fourth-order valence-corrected chi connectivity index (χ4v) is 1.40. The van der Waals surface area contributed by atoms with Crippen molar-refractivity contribution >= 4 is 5.69 Å². The van der Waals surface area contributed by atoms with Gasteiger partial charge in [0.15, 0.2) is 0 Å². The Labute approximate surface area is 92.3 Å². The Kier molecular flexibility index (Phi) is 4.33. The fraction of sp³-hybridized carbons (Fsp3) is 0.400. The monoisotopic (exact) mass is 228 g/mol. The molecule has 0 aliphatic heterocycles. The van der Waals surface area contributed by atoms with Crippen molar-refractivity contribution in [2.75, 3.05) is 20.2 Å². The normalized spacial score (nSPS) is 10.8. The van der Waals surface area contributed by atoms with Gasteiger partial charge in [0.1, 0.15) is 5.82 Å². The second-order valence-electron chi connectivity index (χ2n) is 3.49. The van der Waals surface area contributed by atoms with Crippen LogP contribution in [0.2, 0.25) is 0 Å². The summed E-state index contributed by atoms with van der Waals surface area (Å²) in [4.78, 5) is 11.8. The lowest BCUT2D eigenvalue weighted by molar-refractivity contribution is -0.385. The summed E-state index contributed by atoms with van der Waals surface area (Å²) in [5.41, 5.74) is 0.201. The van der Waals surface area contributed by atoms with Crippen molar-refractivity contribution < 1.29 is 14.4 Å². The minimum atomic E-state index is -0.540. The van der Waals surface area contributed by atoms with Crippen LogP contribution in [0, 0.1) is 15.9 Å². The maximum absolute atomic E-state index is 13.0. The van der Waals surface area contributed by atoms with Crippen LogP contribution in [0.3, 0.4) is 0 Å². The number of likely N-dealkylation sites (N-methyl/N-ethyl adjacent to an activating group) is 1.